The van der Waals surface area contributed by atoms with E-state index in [2.05, 4.69) is 216 Å². The smallest absolute Gasteiger partial charge is 0.0505 e. The maximum atomic E-state index is 2.53. The molecule has 2 nitrogen and oxygen atoms in total. The van der Waals surface area contributed by atoms with Crippen LogP contribution in [-0.4, -0.2) is 0 Å². The minimum atomic E-state index is -0.140. The van der Waals surface area contributed by atoms with Gasteiger partial charge in [-0.15, -0.1) is 0 Å². The molecule has 1 spiro atoms. The van der Waals surface area contributed by atoms with Gasteiger partial charge in [0.25, 0.3) is 0 Å². The molecule has 0 saturated carbocycles. The maximum absolute atomic E-state index is 2.53. The molecule has 1 atom stereocenters. The van der Waals surface area contributed by atoms with E-state index in [0.717, 1.165) is 37.1 Å². The van der Waals surface area contributed by atoms with Gasteiger partial charge in [0, 0.05) is 28.2 Å². The van der Waals surface area contributed by atoms with Crippen LogP contribution in [-0.2, 0) is 18.3 Å². The second kappa shape index (κ2) is 14.0. The number of fused-ring (bicyclic) bond motifs is 4. The molecule has 0 aliphatic heterocycles. The molecule has 264 valence electrons. The van der Waals surface area contributed by atoms with Crippen LogP contribution in [0.1, 0.15) is 35.1 Å². The first-order chi connectivity index (χ1) is 27.3. The molecule has 10 rings (SSSR count). The summed E-state index contributed by atoms with van der Waals surface area (Å²) in [5.41, 5.74) is 17.8. The van der Waals surface area contributed by atoms with Crippen molar-refractivity contribution < 1.29 is 0 Å². The first kappa shape index (κ1) is 33.0. The largest absolute Gasteiger partial charge is 0.310 e. The normalized spacial score (nSPS) is 15.4. The van der Waals surface area contributed by atoms with Crippen molar-refractivity contribution in [1.82, 2.24) is 0 Å². The lowest BCUT2D eigenvalue weighted by molar-refractivity contribution is 0.508. The quantitative estimate of drug-likeness (QED) is 0.155. The first-order valence-corrected chi connectivity index (χ1v) is 19.5. The topological polar surface area (TPSA) is 6.48 Å². The number of hydrogen-bond donors (Lipinski definition) is 0. The summed E-state index contributed by atoms with van der Waals surface area (Å²) in [6.07, 6.45) is 4.29. The number of benzene rings is 8. The van der Waals surface area contributed by atoms with Gasteiger partial charge in [0.15, 0.2) is 0 Å². The molecule has 0 unspecified atom stereocenters. The van der Waals surface area contributed by atoms with Crippen LogP contribution in [0.25, 0.3) is 22.3 Å². The van der Waals surface area contributed by atoms with Gasteiger partial charge in [0.2, 0.25) is 0 Å². The summed E-state index contributed by atoms with van der Waals surface area (Å²) in [5.74, 6) is 0. The Morgan fingerprint density at radius 1 is 0.309 bits per heavy atom. The summed E-state index contributed by atoms with van der Waals surface area (Å²) < 4.78 is 0. The van der Waals surface area contributed by atoms with E-state index < -0.39 is 0 Å². The van der Waals surface area contributed by atoms with Gasteiger partial charge >= 0.3 is 0 Å². The molecule has 0 radical (unpaired) electrons. The fourth-order valence-electron chi connectivity index (χ4n) is 9.41. The molecule has 2 aliphatic rings. The fraction of sp³-hybridized carbons (Fsp3) is 0.0943. The molecular formula is C53H42N2. The van der Waals surface area contributed by atoms with Crippen molar-refractivity contribution in [3.63, 3.8) is 0 Å². The molecule has 8 aromatic carbocycles. The van der Waals surface area contributed by atoms with Gasteiger partial charge in [0.1, 0.15) is 0 Å². The van der Waals surface area contributed by atoms with E-state index in [1.54, 1.807) is 0 Å². The van der Waals surface area contributed by atoms with Crippen LogP contribution in [0.15, 0.2) is 206 Å². The van der Waals surface area contributed by atoms with Crippen LogP contribution in [0.4, 0.5) is 34.1 Å². The molecule has 0 saturated heterocycles. The Labute approximate surface area is 324 Å². The standard InChI is InChI=1S/C53H42N2/c1-5-16-39(17-6-1)41-30-32-47(33-31-41)55(48-27-13-22-44(38-48)40-18-7-2-8-19-40)50-29-15-21-43-35-37-53(52(43)50)36-34-42-20-14-28-49(51(42)53)54(45-23-9-3-10-24-45)46-25-11-4-12-26-46/h1-33,38H,34-37H2/t53-/m1/s1. The number of para-hydroxylation sites is 2. The monoisotopic (exact) mass is 706 g/mol. The number of nitrogens with zero attached hydrogens (tertiary/aromatic N) is 2. The van der Waals surface area contributed by atoms with Crippen molar-refractivity contribution in [2.24, 2.45) is 0 Å². The Hall–Kier alpha value is -6.64. The molecule has 0 bridgehead atoms. The molecule has 0 aromatic heterocycles. The summed E-state index contributed by atoms with van der Waals surface area (Å²) in [4.78, 5) is 5.01. The van der Waals surface area contributed by atoms with Gasteiger partial charge in [0.05, 0.1) is 11.4 Å². The molecule has 8 aromatic rings. The Bertz CT molecular complexity index is 2540. The highest BCUT2D eigenvalue weighted by Crippen LogP contribution is 2.59. The average Bonchev–Trinajstić information content (AvgIpc) is 3.84. The van der Waals surface area contributed by atoms with Gasteiger partial charge < -0.3 is 9.80 Å². The van der Waals surface area contributed by atoms with Gasteiger partial charge in [-0.2, -0.15) is 0 Å². The highest BCUT2D eigenvalue weighted by molar-refractivity contribution is 5.87. The third kappa shape index (κ3) is 5.82. The summed E-state index contributed by atoms with van der Waals surface area (Å²) in [6.45, 7) is 0. The average molecular weight is 707 g/mol. The van der Waals surface area contributed by atoms with Crippen molar-refractivity contribution in [3.8, 4) is 22.3 Å². The van der Waals surface area contributed by atoms with Crippen LogP contribution in [0.5, 0.6) is 0 Å². The van der Waals surface area contributed by atoms with Gasteiger partial charge in [-0.1, -0.05) is 146 Å². The molecule has 0 fully saturated rings. The van der Waals surface area contributed by atoms with Crippen molar-refractivity contribution in [3.05, 3.63) is 229 Å². The number of hydrogen-bond acceptors (Lipinski definition) is 2. The second-order valence-electron chi connectivity index (χ2n) is 14.9. The Balaban J connectivity index is 1.18. The highest BCUT2D eigenvalue weighted by Gasteiger charge is 2.49. The summed E-state index contributed by atoms with van der Waals surface area (Å²) >= 11 is 0. The zero-order chi connectivity index (χ0) is 36.6. The minimum absolute atomic E-state index is 0.140. The Morgan fingerprint density at radius 3 is 1.22 bits per heavy atom. The Morgan fingerprint density at radius 2 is 0.691 bits per heavy atom. The van der Waals surface area contributed by atoms with E-state index in [1.807, 2.05) is 0 Å². The first-order valence-electron chi connectivity index (χ1n) is 19.5. The van der Waals surface area contributed by atoms with Crippen LogP contribution >= 0.6 is 0 Å². The third-order valence-electron chi connectivity index (χ3n) is 11.8. The lowest BCUT2D eigenvalue weighted by Gasteiger charge is -2.37. The van der Waals surface area contributed by atoms with Crippen LogP contribution < -0.4 is 9.80 Å². The van der Waals surface area contributed by atoms with Gasteiger partial charge in [-0.05, 0) is 131 Å². The van der Waals surface area contributed by atoms with Crippen LogP contribution in [0, 0.1) is 0 Å². The van der Waals surface area contributed by atoms with Gasteiger partial charge in [-0.3, -0.25) is 0 Å². The van der Waals surface area contributed by atoms with Crippen molar-refractivity contribution in [1.29, 1.82) is 0 Å². The predicted molar refractivity (Wildman–Crippen MR) is 231 cm³/mol. The molecule has 55 heavy (non-hydrogen) atoms. The fourth-order valence-corrected chi connectivity index (χ4v) is 9.41. The van der Waals surface area contributed by atoms with E-state index in [4.69, 9.17) is 0 Å². The lowest BCUT2D eigenvalue weighted by atomic mass is 9.74. The van der Waals surface area contributed by atoms with E-state index in [9.17, 15) is 0 Å². The lowest BCUT2D eigenvalue weighted by Crippen LogP contribution is -2.27. The van der Waals surface area contributed by atoms with Crippen molar-refractivity contribution >= 4 is 34.1 Å². The number of anilines is 6. The van der Waals surface area contributed by atoms with E-state index in [0.29, 0.717) is 0 Å². The van der Waals surface area contributed by atoms with E-state index >= 15 is 0 Å². The summed E-state index contributed by atoms with van der Waals surface area (Å²) in [5, 5.41) is 0. The summed E-state index contributed by atoms with van der Waals surface area (Å²) in [7, 11) is 0. The molecule has 0 heterocycles. The highest BCUT2D eigenvalue weighted by atomic mass is 15.2. The van der Waals surface area contributed by atoms with E-state index in [1.165, 1.54) is 67.3 Å². The minimum Gasteiger partial charge on any atom is -0.310 e. The van der Waals surface area contributed by atoms with E-state index in [-0.39, 0.29) is 5.41 Å². The molecule has 0 amide bonds. The molecule has 2 aliphatic carbocycles. The molecule has 2 heteroatoms. The number of rotatable bonds is 8. The Kier molecular flexibility index (Phi) is 8.37. The van der Waals surface area contributed by atoms with Crippen molar-refractivity contribution in [2.75, 3.05) is 9.80 Å². The van der Waals surface area contributed by atoms with Crippen molar-refractivity contribution in [2.45, 2.75) is 31.1 Å². The van der Waals surface area contributed by atoms with Crippen LogP contribution in [0.2, 0.25) is 0 Å². The van der Waals surface area contributed by atoms with Crippen LogP contribution in [0.3, 0.4) is 0 Å². The third-order valence-corrected chi connectivity index (χ3v) is 11.8. The maximum Gasteiger partial charge on any atom is 0.0505 e. The SMILES string of the molecule is c1ccc(-c2ccc(N(c3cccc(-c4ccccc4)c3)c3cccc4c3[C@]3(CCc5cccc(N(c6ccccc6)c6ccccc6)c53)CC4)cc2)cc1. The number of aryl methyl sites for hydroxylation is 2. The second-order valence-corrected chi connectivity index (χ2v) is 14.9. The molecule has 0 N–H and O–H groups in total. The zero-order valence-electron chi connectivity index (χ0n) is 30.9. The predicted octanol–water partition coefficient (Wildman–Crippen LogP) is 14.1. The van der Waals surface area contributed by atoms with Gasteiger partial charge in [-0.25, -0.2) is 0 Å². The molecular weight excluding hydrogens is 665 g/mol. The zero-order valence-corrected chi connectivity index (χ0v) is 30.9. The summed E-state index contributed by atoms with van der Waals surface area (Å²) in [6, 6.07) is 75.5.